The normalized spacial score (nSPS) is 10.5. The maximum Gasteiger partial charge on any atom is 0.387 e. The van der Waals surface area contributed by atoms with E-state index in [1.54, 1.807) is 19.9 Å². The lowest BCUT2D eigenvalue weighted by Gasteiger charge is -2.11. The molecule has 0 bridgehead atoms. The zero-order valence-electron chi connectivity index (χ0n) is 8.80. The summed E-state index contributed by atoms with van der Waals surface area (Å²) in [4.78, 5) is 11.2. The zero-order chi connectivity index (χ0) is 11.6. The topological polar surface area (TPSA) is 26.3 Å². The third-order valence-corrected chi connectivity index (χ3v) is 2.10. The van der Waals surface area contributed by atoms with E-state index in [1.165, 1.54) is 13.0 Å². The monoisotopic (exact) mass is 214 g/mol. The first-order chi connectivity index (χ1) is 6.91. The van der Waals surface area contributed by atoms with Gasteiger partial charge in [-0.25, -0.2) is 0 Å². The Balaban J connectivity index is 3.22. The van der Waals surface area contributed by atoms with Crippen molar-refractivity contribution in [1.29, 1.82) is 0 Å². The Kier molecular flexibility index (Phi) is 3.39. The number of rotatable bonds is 3. The van der Waals surface area contributed by atoms with E-state index in [1.807, 2.05) is 0 Å². The molecule has 0 aliphatic rings. The van der Waals surface area contributed by atoms with Crippen LogP contribution in [0.4, 0.5) is 8.78 Å². The number of ketones is 1. The van der Waals surface area contributed by atoms with E-state index < -0.39 is 6.61 Å². The van der Waals surface area contributed by atoms with Gasteiger partial charge in [-0.3, -0.25) is 4.79 Å². The van der Waals surface area contributed by atoms with Crippen molar-refractivity contribution in [3.8, 4) is 5.75 Å². The molecule has 4 heteroatoms. The summed E-state index contributed by atoms with van der Waals surface area (Å²) in [6.07, 6.45) is 0. The molecule has 15 heavy (non-hydrogen) atoms. The van der Waals surface area contributed by atoms with E-state index in [0.29, 0.717) is 11.1 Å². The van der Waals surface area contributed by atoms with Crippen molar-refractivity contribution in [2.75, 3.05) is 0 Å². The summed E-state index contributed by atoms with van der Waals surface area (Å²) in [5, 5.41) is 0. The van der Waals surface area contributed by atoms with Gasteiger partial charge in [0, 0.05) is 11.1 Å². The predicted molar refractivity (Wildman–Crippen MR) is 52.6 cm³/mol. The molecular formula is C11H12F2O2. The number of benzene rings is 1. The van der Waals surface area contributed by atoms with Gasteiger partial charge in [0.25, 0.3) is 0 Å². The van der Waals surface area contributed by atoms with Crippen molar-refractivity contribution in [1.82, 2.24) is 0 Å². The van der Waals surface area contributed by atoms with Gasteiger partial charge < -0.3 is 4.74 Å². The lowest BCUT2D eigenvalue weighted by atomic mass is 10.0. The average molecular weight is 214 g/mol. The highest BCUT2D eigenvalue weighted by molar-refractivity contribution is 5.96. The highest BCUT2D eigenvalue weighted by Gasteiger charge is 2.13. The van der Waals surface area contributed by atoms with Gasteiger partial charge in [-0.2, -0.15) is 8.78 Å². The molecule has 0 unspecified atom stereocenters. The molecule has 0 aliphatic heterocycles. The third-order valence-electron chi connectivity index (χ3n) is 2.10. The van der Waals surface area contributed by atoms with Crippen LogP contribution in [0.15, 0.2) is 12.1 Å². The second-order valence-electron chi connectivity index (χ2n) is 3.37. The van der Waals surface area contributed by atoms with Gasteiger partial charge >= 0.3 is 6.61 Å². The van der Waals surface area contributed by atoms with Crippen LogP contribution in [0.2, 0.25) is 0 Å². The van der Waals surface area contributed by atoms with Gasteiger partial charge in [0.1, 0.15) is 5.75 Å². The van der Waals surface area contributed by atoms with Gasteiger partial charge in [-0.05, 0) is 38.5 Å². The van der Waals surface area contributed by atoms with Crippen LogP contribution in [0.3, 0.4) is 0 Å². The standard InChI is InChI=1S/C11H12F2O2/c1-6-4-9(8(3)14)7(2)10(5-6)15-11(12)13/h4-5,11H,1-3H3. The minimum Gasteiger partial charge on any atom is -0.435 e. The van der Waals surface area contributed by atoms with E-state index in [2.05, 4.69) is 4.74 Å². The number of alkyl halides is 2. The van der Waals surface area contributed by atoms with E-state index in [0.717, 1.165) is 5.56 Å². The quantitative estimate of drug-likeness (QED) is 0.722. The molecule has 0 spiro atoms. The van der Waals surface area contributed by atoms with Crippen LogP contribution in [-0.4, -0.2) is 12.4 Å². The first-order valence-corrected chi connectivity index (χ1v) is 4.49. The molecule has 0 fully saturated rings. The molecule has 82 valence electrons. The van der Waals surface area contributed by atoms with Gasteiger partial charge in [0.05, 0.1) is 0 Å². The Hall–Kier alpha value is -1.45. The second kappa shape index (κ2) is 4.38. The number of hydrogen-bond donors (Lipinski definition) is 0. The summed E-state index contributed by atoms with van der Waals surface area (Å²) in [6.45, 7) is 1.84. The maximum absolute atomic E-state index is 12.1. The predicted octanol–water partition coefficient (Wildman–Crippen LogP) is 3.11. The molecule has 2 nitrogen and oxygen atoms in total. The van der Waals surface area contributed by atoms with Crippen molar-refractivity contribution < 1.29 is 18.3 Å². The molecule has 0 saturated carbocycles. The Morgan fingerprint density at radius 1 is 1.33 bits per heavy atom. The Bertz CT molecular complexity index is 386. The third kappa shape index (κ3) is 2.75. The summed E-state index contributed by atoms with van der Waals surface area (Å²) < 4.78 is 28.4. The lowest BCUT2D eigenvalue weighted by Crippen LogP contribution is -2.06. The van der Waals surface area contributed by atoms with E-state index in [9.17, 15) is 13.6 Å². The highest BCUT2D eigenvalue weighted by atomic mass is 19.3. The van der Waals surface area contributed by atoms with Crippen molar-refractivity contribution >= 4 is 5.78 Å². The Morgan fingerprint density at radius 3 is 2.40 bits per heavy atom. The molecule has 1 aromatic carbocycles. The molecular weight excluding hydrogens is 202 g/mol. The number of hydrogen-bond acceptors (Lipinski definition) is 2. The number of aryl methyl sites for hydroxylation is 1. The summed E-state index contributed by atoms with van der Waals surface area (Å²) in [5.74, 6) is -0.0921. The van der Waals surface area contributed by atoms with Gasteiger partial charge in [-0.15, -0.1) is 0 Å². The fraction of sp³-hybridized carbons (Fsp3) is 0.364. The summed E-state index contributed by atoms with van der Waals surface area (Å²) in [6, 6.07) is 3.16. The van der Waals surface area contributed by atoms with Crippen molar-refractivity contribution in [2.45, 2.75) is 27.4 Å². The minimum absolute atomic E-state index is 0.0650. The molecule has 1 aromatic rings. The molecule has 0 amide bonds. The van der Waals surface area contributed by atoms with Crippen LogP contribution in [0.5, 0.6) is 5.75 Å². The van der Waals surface area contributed by atoms with E-state index in [4.69, 9.17) is 0 Å². The fourth-order valence-corrected chi connectivity index (χ4v) is 1.41. The van der Waals surface area contributed by atoms with Gasteiger partial charge in [0.15, 0.2) is 5.78 Å². The summed E-state index contributed by atoms with van der Waals surface area (Å²) in [5.41, 5.74) is 1.60. The van der Waals surface area contributed by atoms with Crippen LogP contribution in [0, 0.1) is 13.8 Å². The van der Waals surface area contributed by atoms with Crippen LogP contribution in [-0.2, 0) is 0 Å². The Labute approximate surface area is 86.9 Å². The largest absolute Gasteiger partial charge is 0.435 e. The van der Waals surface area contributed by atoms with Gasteiger partial charge in [0.2, 0.25) is 0 Å². The van der Waals surface area contributed by atoms with E-state index in [-0.39, 0.29) is 11.5 Å². The number of halogens is 2. The van der Waals surface area contributed by atoms with E-state index >= 15 is 0 Å². The van der Waals surface area contributed by atoms with Crippen LogP contribution < -0.4 is 4.74 Å². The molecule has 0 heterocycles. The molecule has 0 radical (unpaired) electrons. The first kappa shape index (κ1) is 11.6. The van der Waals surface area contributed by atoms with Gasteiger partial charge in [-0.1, -0.05) is 0 Å². The second-order valence-corrected chi connectivity index (χ2v) is 3.37. The zero-order valence-corrected chi connectivity index (χ0v) is 8.80. The van der Waals surface area contributed by atoms with Crippen LogP contribution in [0.1, 0.15) is 28.4 Å². The first-order valence-electron chi connectivity index (χ1n) is 4.49. The number of ether oxygens (including phenoxy) is 1. The van der Waals surface area contributed by atoms with Crippen LogP contribution >= 0.6 is 0 Å². The molecule has 0 aliphatic carbocycles. The minimum atomic E-state index is -2.87. The average Bonchev–Trinajstić information content (AvgIpc) is 2.09. The molecule has 0 N–H and O–H groups in total. The van der Waals surface area contributed by atoms with Crippen molar-refractivity contribution in [3.63, 3.8) is 0 Å². The highest BCUT2D eigenvalue weighted by Crippen LogP contribution is 2.25. The smallest absolute Gasteiger partial charge is 0.387 e. The number of carbonyl (C=O) groups is 1. The fourth-order valence-electron chi connectivity index (χ4n) is 1.41. The summed E-state index contributed by atoms with van der Waals surface area (Å²) >= 11 is 0. The lowest BCUT2D eigenvalue weighted by molar-refractivity contribution is -0.0503. The SMILES string of the molecule is CC(=O)c1cc(C)cc(OC(F)F)c1C. The number of Topliss-reactive ketones (excluding diaryl/α,β-unsaturated/α-hetero) is 1. The van der Waals surface area contributed by atoms with Crippen LogP contribution in [0.25, 0.3) is 0 Å². The van der Waals surface area contributed by atoms with Crippen molar-refractivity contribution in [2.24, 2.45) is 0 Å². The summed E-state index contributed by atoms with van der Waals surface area (Å²) in [7, 11) is 0. The molecule has 0 saturated heterocycles. The molecule has 0 atom stereocenters. The molecule has 0 aromatic heterocycles. The maximum atomic E-state index is 12.1. The number of carbonyl (C=O) groups excluding carboxylic acids is 1. The molecule has 1 rings (SSSR count). The Morgan fingerprint density at radius 2 is 1.93 bits per heavy atom. The van der Waals surface area contributed by atoms with Crippen molar-refractivity contribution in [3.05, 3.63) is 28.8 Å².